The second-order valence-corrected chi connectivity index (χ2v) is 3.86. The van der Waals surface area contributed by atoms with E-state index in [1.54, 1.807) is 19.2 Å². The average molecular weight is 302 g/mol. The highest BCUT2D eigenvalue weighted by Gasteiger charge is 2.05. The van der Waals surface area contributed by atoms with Crippen molar-refractivity contribution in [3.8, 4) is 0 Å². The van der Waals surface area contributed by atoms with Crippen LogP contribution in [0, 0.1) is 0 Å². The third kappa shape index (κ3) is 8.47. The molecular weight excluding hydrogens is 282 g/mol. The molecule has 20 heavy (non-hydrogen) atoms. The molecule has 0 aliphatic rings. The van der Waals surface area contributed by atoms with Crippen molar-refractivity contribution in [1.29, 1.82) is 0 Å². The van der Waals surface area contributed by atoms with Crippen molar-refractivity contribution in [2.45, 2.75) is 0 Å². The van der Waals surface area contributed by atoms with Gasteiger partial charge < -0.3 is 20.7 Å². The van der Waals surface area contributed by atoms with Gasteiger partial charge in [-0.05, 0) is 12.1 Å². The SMILES string of the molecule is COCCNCC(=O)NCC(=O)Nc1ccccc1.Cl. The van der Waals surface area contributed by atoms with Gasteiger partial charge in [0, 0.05) is 19.3 Å². The van der Waals surface area contributed by atoms with E-state index in [1.165, 1.54) is 0 Å². The van der Waals surface area contributed by atoms with Crippen LogP contribution in [0.15, 0.2) is 30.3 Å². The van der Waals surface area contributed by atoms with E-state index in [1.807, 2.05) is 18.2 Å². The molecule has 0 unspecified atom stereocenters. The van der Waals surface area contributed by atoms with E-state index >= 15 is 0 Å². The maximum absolute atomic E-state index is 11.5. The monoisotopic (exact) mass is 301 g/mol. The van der Waals surface area contributed by atoms with Crippen LogP contribution >= 0.6 is 12.4 Å². The Hall–Kier alpha value is -1.63. The van der Waals surface area contributed by atoms with Crippen LogP contribution in [-0.2, 0) is 14.3 Å². The van der Waals surface area contributed by atoms with Gasteiger partial charge in [0.2, 0.25) is 11.8 Å². The van der Waals surface area contributed by atoms with Crippen LogP contribution in [0.4, 0.5) is 5.69 Å². The first kappa shape index (κ1) is 18.4. The number of anilines is 1. The first-order valence-electron chi connectivity index (χ1n) is 6.03. The number of amides is 2. The zero-order chi connectivity index (χ0) is 13.9. The molecule has 0 aromatic heterocycles. The lowest BCUT2D eigenvalue weighted by Crippen LogP contribution is -2.39. The predicted octanol–water partition coefficient (Wildman–Crippen LogP) is 0.399. The first-order chi connectivity index (χ1) is 9.22. The van der Waals surface area contributed by atoms with E-state index in [-0.39, 0.29) is 37.3 Å². The Morgan fingerprint density at radius 2 is 1.80 bits per heavy atom. The maximum Gasteiger partial charge on any atom is 0.243 e. The molecule has 0 saturated carbocycles. The lowest BCUT2D eigenvalue weighted by Gasteiger charge is -2.07. The largest absolute Gasteiger partial charge is 0.383 e. The zero-order valence-corrected chi connectivity index (χ0v) is 12.2. The number of para-hydroxylation sites is 1. The van der Waals surface area contributed by atoms with E-state index in [2.05, 4.69) is 16.0 Å². The zero-order valence-electron chi connectivity index (χ0n) is 11.3. The fourth-order valence-electron chi connectivity index (χ4n) is 1.34. The van der Waals surface area contributed by atoms with Crippen molar-refractivity contribution in [2.24, 2.45) is 0 Å². The number of hydrogen-bond acceptors (Lipinski definition) is 4. The molecule has 0 saturated heterocycles. The summed E-state index contributed by atoms with van der Waals surface area (Å²) in [4.78, 5) is 22.9. The van der Waals surface area contributed by atoms with Gasteiger partial charge in [0.05, 0.1) is 19.7 Å². The van der Waals surface area contributed by atoms with Gasteiger partial charge >= 0.3 is 0 Å². The number of rotatable bonds is 8. The van der Waals surface area contributed by atoms with Gasteiger partial charge in [-0.3, -0.25) is 9.59 Å². The van der Waals surface area contributed by atoms with E-state index in [9.17, 15) is 9.59 Å². The Kier molecular flexibility index (Phi) is 10.3. The molecule has 0 radical (unpaired) electrons. The first-order valence-corrected chi connectivity index (χ1v) is 6.03. The molecule has 6 nitrogen and oxygen atoms in total. The maximum atomic E-state index is 11.5. The number of hydrogen-bond donors (Lipinski definition) is 3. The standard InChI is InChI=1S/C13H19N3O3.ClH/c1-19-8-7-14-9-12(17)15-10-13(18)16-11-5-3-2-4-6-11;/h2-6,14H,7-10H2,1H3,(H,15,17)(H,16,18);1H. The molecule has 0 heterocycles. The average Bonchev–Trinajstić information content (AvgIpc) is 2.42. The molecule has 1 rings (SSSR count). The number of carbonyl (C=O) groups excluding carboxylic acids is 2. The van der Waals surface area contributed by atoms with Gasteiger partial charge in [0.15, 0.2) is 0 Å². The lowest BCUT2D eigenvalue weighted by atomic mass is 10.3. The van der Waals surface area contributed by atoms with E-state index in [0.717, 1.165) is 0 Å². The lowest BCUT2D eigenvalue weighted by molar-refractivity contribution is -0.123. The minimum Gasteiger partial charge on any atom is -0.383 e. The second-order valence-electron chi connectivity index (χ2n) is 3.86. The molecule has 0 spiro atoms. The summed E-state index contributed by atoms with van der Waals surface area (Å²) in [7, 11) is 1.59. The smallest absolute Gasteiger partial charge is 0.243 e. The Morgan fingerprint density at radius 3 is 2.45 bits per heavy atom. The molecule has 112 valence electrons. The molecule has 0 atom stereocenters. The number of nitrogens with one attached hydrogen (secondary N) is 3. The minimum atomic E-state index is -0.253. The highest BCUT2D eigenvalue weighted by atomic mass is 35.5. The molecule has 1 aromatic carbocycles. The topological polar surface area (TPSA) is 79.5 Å². The third-order valence-electron chi connectivity index (χ3n) is 2.27. The van der Waals surface area contributed by atoms with Crippen LogP contribution in [0.25, 0.3) is 0 Å². The number of halogens is 1. The van der Waals surface area contributed by atoms with Crippen LogP contribution in [0.3, 0.4) is 0 Å². The molecule has 0 fully saturated rings. The van der Waals surface area contributed by atoms with Crippen molar-refractivity contribution < 1.29 is 14.3 Å². The number of ether oxygens (including phenoxy) is 1. The Bertz CT molecular complexity index is 401. The fraction of sp³-hybridized carbons (Fsp3) is 0.385. The molecule has 2 amide bonds. The van der Waals surface area contributed by atoms with E-state index in [0.29, 0.717) is 18.8 Å². The van der Waals surface area contributed by atoms with Crippen molar-refractivity contribution >= 4 is 29.9 Å². The summed E-state index contributed by atoms with van der Waals surface area (Å²) in [5.41, 5.74) is 0.708. The number of methoxy groups -OCH3 is 1. The molecule has 3 N–H and O–H groups in total. The van der Waals surface area contributed by atoms with Gasteiger partial charge in [0.1, 0.15) is 0 Å². The van der Waals surface area contributed by atoms with Gasteiger partial charge in [0.25, 0.3) is 0 Å². The summed E-state index contributed by atoms with van der Waals surface area (Å²) in [5.74, 6) is -0.476. The van der Waals surface area contributed by atoms with Crippen LogP contribution in [0.2, 0.25) is 0 Å². The molecule has 0 aliphatic heterocycles. The van der Waals surface area contributed by atoms with Gasteiger partial charge in [-0.25, -0.2) is 0 Å². The van der Waals surface area contributed by atoms with Gasteiger partial charge in [-0.15, -0.1) is 12.4 Å². The van der Waals surface area contributed by atoms with Crippen LogP contribution < -0.4 is 16.0 Å². The van der Waals surface area contributed by atoms with Crippen molar-refractivity contribution in [1.82, 2.24) is 10.6 Å². The van der Waals surface area contributed by atoms with Crippen molar-refractivity contribution in [2.75, 3.05) is 38.7 Å². The van der Waals surface area contributed by atoms with Crippen LogP contribution in [-0.4, -0.2) is 45.2 Å². The van der Waals surface area contributed by atoms with Gasteiger partial charge in [-0.1, -0.05) is 18.2 Å². The Morgan fingerprint density at radius 1 is 1.10 bits per heavy atom. The molecule has 0 bridgehead atoms. The highest BCUT2D eigenvalue weighted by molar-refractivity contribution is 5.94. The molecule has 7 heteroatoms. The molecular formula is C13H20ClN3O3. The number of benzene rings is 1. The summed E-state index contributed by atoms with van der Waals surface area (Å²) < 4.78 is 4.83. The number of carbonyl (C=O) groups is 2. The molecule has 1 aromatic rings. The summed E-state index contributed by atoms with van der Waals surface area (Å²) in [6.07, 6.45) is 0. The summed E-state index contributed by atoms with van der Waals surface area (Å²) in [6.45, 7) is 1.27. The quantitative estimate of drug-likeness (QED) is 0.607. The van der Waals surface area contributed by atoms with Crippen molar-refractivity contribution in [3.05, 3.63) is 30.3 Å². The molecule has 0 aliphatic carbocycles. The van der Waals surface area contributed by atoms with E-state index in [4.69, 9.17) is 4.74 Å². The minimum absolute atomic E-state index is 0. The Labute approximate surface area is 124 Å². The summed E-state index contributed by atoms with van der Waals surface area (Å²) in [5, 5.41) is 8.10. The summed E-state index contributed by atoms with van der Waals surface area (Å²) in [6, 6.07) is 9.09. The van der Waals surface area contributed by atoms with E-state index < -0.39 is 0 Å². The third-order valence-corrected chi connectivity index (χ3v) is 2.27. The predicted molar refractivity (Wildman–Crippen MR) is 80.1 cm³/mol. The van der Waals surface area contributed by atoms with Crippen LogP contribution in [0.1, 0.15) is 0 Å². The fourth-order valence-corrected chi connectivity index (χ4v) is 1.34. The van der Waals surface area contributed by atoms with Crippen LogP contribution in [0.5, 0.6) is 0 Å². The second kappa shape index (κ2) is 11.2. The Balaban J connectivity index is 0.00000361. The van der Waals surface area contributed by atoms with Crippen molar-refractivity contribution in [3.63, 3.8) is 0 Å². The highest BCUT2D eigenvalue weighted by Crippen LogP contribution is 2.03. The normalized spacial score (nSPS) is 9.45. The van der Waals surface area contributed by atoms with Gasteiger partial charge in [-0.2, -0.15) is 0 Å². The summed E-state index contributed by atoms with van der Waals surface area (Å²) >= 11 is 0.